The molecule has 0 aliphatic carbocycles. The lowest BCUT2D eigenvalue weighted by Crippen LogP contribution is -2.44. The van der Waals surface area contributed by atoms with E-state index >= 15 is 0 Å². The Hall–Kier alpha value is -2.55. The standard InChI is InChI=1S/C17H21N3O5S/c1-2-14(21)20-10-26-9-13(20)17(25)19-12-5-3-11(4-6-12)16(24)18-8-7-15(22)23/h3-6,13H,2,7-10H2,1H3,(H,18,24)(H,19,25)(H,22,23). The van der Waals surface area contributed by atoms with Crippen molar-refractivity contribution in [2.24, 2.45) is 0 Å². The molecule has 0 bridgehead atoms. The first kappa shape index (κ1) is 19.8. The van der Waals surface area contributed by atoms with E-state index in [1.165, 1.54) is 11.8 Å². The molecule has 1 unspecified atom stereocenters. The smallest absolute Gasteiger partial charge is 0.305 e. The molecule has 1 aliphatic heterocycles. The first-order valence-electron chi connectivity index (χ1n) is 8.20. The van der Waals surface area contributed by atoms with Gasteiger partial charge in [-0.05, 0) is 24.3 Å². The van der Waals surface area contributed by atoms with Crippen molar-refractivity contribution in [1.29, 1.82) is 0 Å². The van der Waals surface area contributed by atoms with Crippen LogP contribution in [0.15, 0.2) is 24.3 Å². The van der Waals surface area contributed by atoms with Crippen LogP contribution in [0.3, 0.4) is 0 Å². The van der Waals surface area contributed by atoms with Crippen molar-refractivity contribution in [2.45, 2.75) is 25.8 Å². The van der Waals surface area contributed by atoms with E-state index in [1.807, 2.05) is 0 Å². The van der Waals surface area contributed by atoms with E-state index in [9.17, 15) is 19.2 Å². The maximum atomic E-state index is 12.4. The van der Waals surface area contributed by atoms with Crippen LogP contribution >= 0.6 is 11.8 Å². The largest absolute Gasteiger partial charge is 0.481 e. The maximum Gasteiger partial charge on any atom is 0.305 e. The number of benzene rings is 1. The second kappa shape index (κ2) is 9.23. The van der Waals surface area contributed by atoms with Crippen molar-refractivity contribution in [1.82, 2.24) is 10.2 Å². The van der Waals surface area contributed by atoms with Crippen LogP contribution in [0.5, 0.6) is 0 Å². The molecule has 1 heterocycles. The molecule has 9 heteroatoms. The highest BCUT2D eigenvalue weighted by Crippen LogP contribution is 2.23. The molecule has 1 aromatic rings. The maximum absolute atomic E-state index is 12.4. The van der Waals surface area contributed by atoms with Crippen LogP contribution in [0.2, 0.25) is 0 Å². The van der Waals surface area contributed by atoms with E-state index in [1.54, 1.807) is 36.1 Å². The number of aliphatic carboxylic acids is 1. The van der Waals surface area contributed by atoms with Gasteiger partial charge in [-0.3, -0.25) is 19.2 Å². The lowest BCUT2D eigenvalue weighted by Gasteiger charge is -2.22. The zero-order valence-corrected chi connectivity index (χ0v) is 15.2. The topological polar surface area (TPSA) is 116 Å². The molecule has 140 valence electrons. The van der Waals surface area contributed by atoms with Gasteiger partial charge in [0.2, 0.25) is 11.8 Å². The third kappa shape index (κ3) is 5.22. The number of nitrogens with zero attached hydrogens (tertiary/aromatic N) is 1. The number of carboxylic acids is 1. The minimum absolute atomic E-state index is 0.0489. The van der Waals surface area contributed by atoms with Gasteiger partial charge in [0, 0.05) is 30.0 Å². The molecule has 1 atom stereocenters. The van der Waals surface area contributed by atoms with E-state index < -0.39 is 12.0 Å². The molecule has 2 rings (SSSR count). The Morgan fingerprint density at radius 3 is 2.54 bits per heavy atom. The van der Waals surface area contributed by atoms with E-state index in [0.717, 1.165) is 0 Å². The van der Waals surface area contributed by atoms with Gasteiger partial charge in [0.15, 0.2) is 0 Å². The minimum atomic E-state index is -0.982. The third-order valence-electron chi connectivity index (χ3n) is 3.85. The molecule has 0 radical (unpaired) electrons. The highest BCUT2D eigenvalue weighted by molar-refractivity contribution is 7.99. The van der Waals surface area contributed by atoms with E-state index in [-0.39, 0.29) is 30.7 Å². The fourth-order valence-electron chi connectivity index (χ4n) is 2.42. The van der Waals surface area contributed by atoms with Gasteiger partial charge in [-0.25, -0.2) is 0 Å². The van der Waals surface area contributed by atoms with E-state index in [2.05, 4.69) is 10.6 Å². The second-order valence-electron chi connectivity index (χ2n) is 5.70. The summed E-state index contributed by atoms with van der Waals surface area (Å²) in [7, 11) is 0. The summed E-state index contributed by atoms with van der Waals surface area (Å²) in [6.45, 7) is 1.81. The number of thioether (sulfide) groups is 1. The second-order valence-corrected chi connectivity index (χ2v) is 6.70. The first-order chi connectivity index (χ1) is 12.4. The highest BCUT2D eigenvalue weighted by atomic mass is 32.2. The molecule has 1 fully saturated rings. The van der Waals surface area contributed by atoms with Crippen LogP contribution in [0.25, 0.3) is 0 Å². The fraction of sp³-hybridized carbons (Fsp3) is 0.412. The Labute approximate surface area is 155 Å². The normalized spacial score (nSPS) is 16.2. The Bertz CT molecular complexity index is 692. The monoisotopic (exact) mass is 379 g/mol. The van der Waals surface area contributed by atoms with Crippen molar-refractivity contribution < 1.29 is 24.3 Å². The minimum Gasteiger partial charge on any atom is -0.481 e. The summed E-state index contributed by atoms with van der Waals surface area (Å²) in [6, 6.07) is 5.79. The number of rotatable bonds is 7. The van der Waals surface area contributed by atoms with Crippen LogP contribution < -0.4 is 10.6 Å². The highest BCUT2D eigenvalue weighted by Gasteiger charge is 2.33. The molecule has 8 nitrogen and oxygen atoms in total. The molecule has 1 aromatic carbocycles. The molecule has 26 heavy (non-hydrogen) atoms. The van der Waals surface area contributed by atoms with Gasteiger partial charge in [0.25, 0.3) is 5.91 Å². The zero-order chi connectivity index (χ0) is 19.1. The van der Waals surface area contributed by atoms with Gasteiger partial charge < -0.3 is 20.6 Å². The predicted molar refractivity (Wildman–Crippen MR) is 97.9 cm³/mol. The average Bonchev–Trinajstić information content (AvgIpc) is 3.11. The summed E-state index contributed by atoms with van der Waals surface area (Å²) < 4.78 is 0. The Balaban J connectivity index is 1.92. The van der Waals surface area contributed by atoms with Gasteiger partial charge in [-0.1, -0.05) is 6.92 Å². The number of anilines is 1. The molecule has 3 N–H and O–H groups in total. The molecule has 0 aromatic heterocycles. The van der Waals surface area contributed by atoms with Gasteiger partial charge in [0.05, 0.1) is 12.3 Å². The van der Waals surface area contributed by atoms with Crippen molar-refractivity contribution in [2.75, 3.05) is 23.5 Å². The van der Waals surface area contributed by atoms with Gasteiger partial charge in [-0.15, -0.1) is 11.8 Å². The number of hydrogen-bond acceptors (Lipinski definition) is 5. The van der Waals surface area contributed by atoms with Crippen molar-refractivity contribution in [3.05, 3.63) is 29.8 Å². The van der Waals surface area contributed by atoms with Crippen LogP contribution in [-0.4, -0.2) is 57.9 Å². The van der Waals surface area contributed by atoms with Crippen LogP contribution in [0, 0.1) is 0 Å². The Kier molecular flexibility index (Phi) is 7.02. The van der Waals surface area contributed by atoms with Gasteiger partial charge in [-0.2, -0.15) is 0 Å². The SMILES string of the molecule is CCC(=O)N1CSCC1C(=O)Nc1ccc(C(=O)NCCC(=O)O)cc1. The van der Waals surface area contributed by atoms with Crippen molar-refractivity contribution >= 4 is 41.1 Å². The molecular formula is C17H21N3O5S. The summed E-state index contributed by atoms with van der Waals surface area (Å²) in [5, 5.41) is 13.8. The third-order valence-corrected chi connectivity index (χ3v) is 4.86. The number of carbonyl (C=O) groups is 4. The average molecular weight is 379 g/mol. The van der Waals surface area contributed by atoms with Gasteiger partial charge in [0.1, 0.15) is 6.04 Å². The lowest BCUT2D eigenvalue weighted by molar-refractivity contribution is -0.137. The summed E-state index contributed by atoms with van der Waals surface area (Å²) in [6.07, 6.45) is 0.211. The predicted octanol–water partition coefficient (Wildman–Crippen LogP) is 1.14. The van der Waals surface area contributed by atoms with Crippen LogP contribution in [0.4, 0.5) is 5.69 Å². The van der Waals surface area contributed by atoms with Gasteiger partial charge >= 0.3 is 5.97 Å². The molecule has 3 amide bonds. The van der Waals surface area contributed by atoms with Crippen molar-refractivity contribution in [3.63, 3.8) is 0 Å². The summed E-state index contributed by atoms with van der Waals surface area (Å²) in [5.41, 5.74) is 0.894. The number of carboxylic acid groups (broad SMARTS) is 1. The Morgan fingerprint density at radius 2 is 1.92 bits per heavy atom. The summed E-state index contributed by atoms with van der Waals surface area (Å²) in [5.74, 6) is -0.596. The Morgan fingerprint density at radius 1 is 1.23 bits per heavy atom. The quantitative estimate of drug-likeness (QED) is 0.654. The zero-order valence-electron chi connectivity index (χ0n) is 14.4. The number of hydrogen-bond donors (Lipinski definition) is 3. The van der Waals surface area contributed by atoms with E-state index in [4.69, 9.17) is 5.11 Å². The molecule has 0 spiro atoms. The molecule has 0 saturated carbocycles. The number of nitrogens with one attached hydrogen (secondary N) is 2. The summed E-state index contributed by atoms with van der Waals surface area (Å²) in [4.78, 5) is 48.2. The number of amides is 3. The lowest BCUT2D eigenvalue weighted by atomic mass is 10.2. The molecular weight excluding hydrogens is 358 g/mol. The van der Waals surface area contributed by atoms with E-state index in [0.29, 0.717) is 29.3 Å². The van der Waals surface area contributed by atoms with Crippen LogP contribution in [-0.2, 0) is 14.4 Å². The summed E-state index contributed by atoms with van der Waals surface area (Å²) >= 11 is 1.54. The fourth-order valence-corrected chi connectivity index (χ4v) is 3.60. The number of carbonyl (C=O) groups excluding carboxylic acids is 3. The molecule has 1 saturated heterocycles. The first-order valence-corrected chi connectivity index (χ1v) is 9.36. The van der Waals surface area contributed by atoms with Crippen molar-refractivity contribution in [3.8, 4) is 0 Å². The molecule has 1 aliphatic rings. The van der Waals surface area contributed by atoms with Crippen LogP contribution in [0.1, 0.15) is 30.1 Å².